The quantitative estimate of drug-likeness (QED) is 0.666. The Labute approximate surface area is 153 Å². The molecule has 26 heavy (non-hydrogen) atoms. The predicted octanol–water partition coefficient (Wildman–Crippen LogP) is 4.69. The first-order valence-corrected chi connectivity index (χ1v) is 9.39. The van der Waals surface area contributed by atoms with E-state index in [1.165, 1.54) is 6.07 Å². The van der Waals surface area contributed by atoms with Crippen LogP contribution in [0.15, 0.2) is 36.7 Å². The van der Waals surface area contributed by atoms with Gasteiger partial charge < -0.3 is 0 Å². The fraction of sp³-hybridized carbons (Fsp3) is 0.316. The zero-order valence-corrected chi connectivity index (χ0v) is 14.8. The number of thiazole rings is 1. The summed E-state index contributed by atoms with van der Waals surface area (Å²) >= 11 is 1.13. The standard InChI is InChI=1S/C19H17F2N3OS/c20-14-8-15(21)17-16(9-14)26-19(23-17)24(11-12-4-3-7-22-10-12)18(25)13-5-1-2-6-13/h3-4,7-10,13H,1-2,5-6,11H2. The second-order valence-corrected chi connectivity index (χ2v) is 7.51. The molecule has 1 aliphatic rings. The van der Waals surface area contributed by atoms with Gasteiger partial charge in [0.25, 0.3) is 0 Å². The van der Waals surface area contributed by atoms with Gasteiger partial charge in [-0.25, -0.2) is 13.8 Å². The van der Waals surface area contributed by atoms with E-state index >= 15 is 0 Å². The van der Waals surface area contributed by atoms with Gasteiger partial charge in [0, 0.05) is 24.4 Å². The Hall–Kier alpha value is -2.41. The number of anilines is 1. The summed E-state index contributed by atoms with van der Waals surface area (Å²) in [4.78, 5) is 23.1. The van der Waals surface area contributed by atoms with Gasteiger partial charge in [-0.2, -0.15) is 0 Å². The van der Waals surface area contributed by atoms with Crippen LogP contribution in [-0.2, 0) is 11.3 Å². The lowest BCUT2D eigenvalue weighted by Crippen LogP contribution is -2.34. The fourth-order valence-electron chi connectivity index (χ4n) is 3.37. The average molecular weight is 373 g/mol. The minimum Gasteiger partial charge on any atom is -0.283 e. The average Bonchev–Trinajstić information content (AvgIpc) is 3.29. The smallest absolute Gasteiger partial charge is 0.232 e. The first kappa shape index (κ1) is 17.0. The number of carbonyl (C=O) groups is 1. The van der Waals surface area contributed by atoms with Crippen LogP contribution in [0.1, 0.15) is 31.2 Å². The first-order valence-electron chi connectivity index (χ1n) is 8.57. The topological polar surface area (TPSA) is 46.1 Å². The van der Waals surface area contributed by atoms with E-state index in [1.807, 2.05) is 6.07 Å². The van der Waals surface area contributed by atoms with Gasteiger partial charge in [-0.05, 0) is 30.5 Å². The van der Waals surface area contributed by atoms with Crippen LogP contribution in [0.3, 0.4) is 0 Å². The molecule has 4 nitrogen and oxygen atoms in total. The molecular formula is C19H17F2N3OS. The van der Waals surface area contributed by atoms with Crippen molar-refractivity contribution in [1.29, 1.82) is 0 Å². The Morgan fingerprint density at radius 1 is 1.27 bits per heavy atom. The van der Waals surface area contributed by atoms with Crippen molar-refractivity contribution in [2.45, 2.75) is 32.2 Å². The predicted molar refractivity (Wildman–Crippen MR) is 96.9 cm³/mol. The highest BCUT2D eigenvalue weighted by atomic mass is 32.1. The largest absolute Gasteiger partial charge is 0.283 e. The molecule has 0 aliphatic heterocycles. The lowest BCUT2D eigenvalue weighted by atomic mass is 10.1. The number of benzene rings is 1. The zero-order valence-electron chi connectivity index (χ0n) is 14.0. The molecular weight excluding hydrogens is 356 g/mol. The fourth-order valence-corrected chi connectivity index (χ4v) is 4.38. The lowest BCUT2D eigenvalue weighted by Gasteiger charge is -2.23. The number of hydrogen-bond acceptors (Lipinski definition) is 4. The van der Waals surface area contributed by atoms with Crippen molar-refractivity contribution >= 4 is 32.6 Å². The van der Waals surface area contributed by atoms with Crippen molar-refractivity contribution in [2.75, 3.05) is 4.90 Å². The molecule has 0 spiro atoms. The monoisotopic (exact) mass is 373 g/mol. The van der Waals surface area contributed by atoms with Gasteiger partial charge in [0.1, 0.15) is 11.3 Å². The maximum atomic E-state index is 14.0. The zero-order chi connectivity index (χ0) is 18.1. The summed E-state index contributed by atoms with van der Waals surface area (Å²) in [5.74, 6) is -1.41. The van der Waals surface area contributed by atoms with Crippen molar-refractivity contribution in [3.63, 3.8) is 0 Å². The molecule has 7 heteroatoms. The highest BCUT2D eigenvalue weighted by Gasteiger charge is 2.30. The number of amides is 1. The van der Waals surface area contributed by atoms with E-state index in [0.29, 0.717) is 16.4 Å². The van der Waals surface area contributed by atoms with Crippen LogP contribution in [0.25, 0.3) is 10.2 Å². The van der Waals surface area contributed by atoms with Gasteiger partial charge in [0.2, 0.25) is 5.91 Å². The Balaban J connectivity index is 1.74. The third-order valence-corrected chi connectivity index (χ3v) is 5.69. The summed E-state index contributed by atoms with van der Waals surface area (Å²) in [6, 6.07) is 5.76. The maximum absolute atomic E-state index is 14.0. The summed E-state index contributed by atoms with van der Waals surface area (Å²) in [5.41, 5.74) is 0.964. The van der Waals surface area contributed by atoms with Crippen molar-refractivity contribution in [2.24, 2.45) is 5.92 Å². The van der Waals surface area contributed by atoms with Crippen molar-refractivity contribution in [1.82, 2.24) is 9.97 Å². The van der Waals surface area contributed by atoms with E-state index in [4.69, 9.17) is 0 Å². The van der Waals surface area contributed by atoms with E-state index in [-0.39, 0.29) is 17.3 Å². The second kappa shape index (κ2) is 7.07. The van der Waals surface area contributed by atoms with Crippen LogP contribution in [0.2, 0.25) is 0 Å². The van der Waals surface area contributed by atoms with Crippen LogP contribution >= 0.6 is 11.3 Å². The third kappa shape index (κ3) is 3.31. The lowest BCUT2D eigenvalue weighted by molar-refractivity contribution is -0.122. The number of aromatic nitrogens is 2. The van der Waals surface area contributed by atoms with Gasteiger partial charge in [-0.1, -0.05) is 30.2 Å². The van der Waals surface area contributed by atoms with Crippen LogP contribution in [-0.4, -0.2) is 15.9 Å². The maximum Gasteiger partial charge on any atom is 0.232 e. The third-order valence-electron chi connectivity index (χ3n) is 4.67. The molecule has 1 aromatic carbocycles. The van der Waals surface area contributed by atoms with E-state index in [0.717, 1.165) is 48.6 Å². The minimum absolute atomic E-state index is 0.00807. The number of halogens is 2. The number of hydrogen-bond donors (Lipinski definition) is 0. The van der Waals surface area contributed by atoms with Crippen molar-refractivity contribution in [3.8, 4) is 0 Å². The molecule has 0 unspecified atom stereocenters. The number of nitrogens with zero attached hydrogens (tertiary/aromatic N) is 3. The molecule has 3 aromatic rings. The Morgan fingerprint density at radius 2 is 2.08 bits per heavy atom. The molecule has 0 bridgehead atoms. The number of rotatable bonds is 4. The molecule has 2 heterocycles. The van der Waals surface area contributed by atoms with Crippen molar-refractivity contribution in [3.05, 3.63) is 53.9 Å². The molecule has 134 valence electrons. The van der Waals surface area contributed by atoms with E-state index in [9.17, 15) is 13.6 Å². The van der Waals surface area contributed by atoms with E-state index in [2.05, 4.69) is 9.97 Å². The molecule has 0 atom stereocenters. The van der Waals surface area contributed by atoms with Crippen LogP contribution in [0.5, 0.6) is 0 Å². The highest BCUT2D eigenvalue weighted by molar-refractivity contribution is 7.22. The molecule has 1 aliphatic carbocycles. The van der Waals surface area contributed by atoms with Gasteiger partial charge in [0.05, 0.1) is 11.2 Å². The molecule has 0 N–H and O–H groups in total. The van der Waals surface area contributed by atoms with Crippen LogP contribution in [0, 0.1) is 17.6 Å². The Kier molecular flexibility index (Phi) is 4.63. The summed E-state index contributed by atoms with van der Waals surface area (Å²) in [7, 11) is 0. The Bertz CT molecular complexity index is 939. The molecule has 1 saturated carbocycles. The molecule has 0 saturated heterocycles. The summed E-state index contributed by atoms with van der Waals surface area (Å²) < 4.78 is 27.9. The molecule has 1 fully saturated rings. The number of fused-ring (bicyclic) bond motifs is 1. The molecule has 4 rings (SSSR count). The van der Waals surface area contributed by atoms with Gasteiger partial charge >= 0.3 is 0 Å². The van der Waals surface area contributed by atoms with Gasteiger partial charge in [0.15, 0.2) is 10.9 Å². The molecule has 2 aromatic heterocycles. The number of carbonyl (C=O) groups excluding carboxylic acids is 1. The summed E-state index contributed by atoms with van der Waals surface area (Å²) in [6.45, 7) is 0.313. The second-order valence-electron chi connectivity index (χ2n) is 6.50. The Morgan fingerprint density at radius 3 is 2.81 bits per heavy atom. The van der Waals surface area contributed by atoms with E-state index in [1.54, 1.807) is 23.4 Å². The minimum atomic E-state index is -0.711. The van der Waals surface area contributed by atoms with Crippen molar-refractivity contribution < 1.29 is 13.6 Å². The first-order chi connectivity index (χ1) is 12.6. The summed E-state index contributed by atoms with van der Waals surface area (Å²) in [6.07, 6.45) is 7.16. The van der Waals surface area contributed by atoms with E-state index < -0.39 is 11.6 Å². The SMILES string of the molecule is O=C(C1CCCC1)N(Cc1cccnc1)c1nc2c(F)cc(F)cc2s1. The highest BCUT2D eigenvalue weighted by Crippen LogP contribution is 2.35. The van der Waals surface area contributed by atoms with Crippen LogP contribution < -0.4 is 4.90 Å². The molecule has 0 radical (unpaired) electrons. The van der Waals surface area contributed by atoms with Gasteiger partial charge in [-0.3, -0.25) is 14.7 Å². The van der Waals surface area contributed by atoms with Gasteiger partial charge in [-0.15, -0.1) is 0 Å². The number of pyridine rings is 1. The summed E-state index contributed by atoms with van der Waals surface area (Å²) in [5, 5.41) is 0.394. The normalized spacial score (nSPS) is 14.8. The van der Waals surface area contributed by atoms with Crippen LogP contribution in [0.4, 0.5) is 13.9 Å². The molecule has 1 amide bonds.